The van der Waals surface area contributed by atoms with E-state index >= 15 is 0 Å². The van der Waals surface area contributed by atoms with Crippen LogP contribution in [-0.4, -0.2) is 41.2 Å². The molecule has 0 bridgehead atoms. The molecule has 1 aromatic rings. The van der Waals surface area contributed by atoms with Crippen LogP contribution in [0.5, 0.6) is 5.75 Å². The number of hydrogen-bond donors (Lipinski definition) is 2. The molecule has 0 saturated carbocycles. The van der Waals surface area contributed by atoms with Crippen LogP contribution in [0.4, 0.5) is 19.3 Å². The molecule has 116 valence electrons. The first-order valence-corrected chi connectivity index (χ1v) is 5.97. The fourth-order valence-electron chi connectivity index (χ4n) is 1.32. The van der Waals surface area contributed by atoms with Crippen molar-refractivity contribution in [3.8, 4) is 5.75 Å². The van der Waals surface area contributed by atoms with Gasteiger partial charge in [0.2, 0.25) is 0 Å². The monoisotopic (exact) mass is 302 g/mol. The van der Waals surface area contributed by atoms with Gasteiger partial charge >= 0.3 is 18.6 Å². The fourth-order valence-corrected chi connectivity index (χ4v) is 1.32. The number of nitrogens with one attached hydrogen (secondary N) is 1. The summed E-state index contributed by atoms with van der Waals surface area (Å²) in [6.07, 6.45) is 0. The molecule has 0 atom stereocenters. The summed E-state index contributed by atoms with van der Waals surface area (Å²) in [5.74, 6) is -1.19. The van der Waals surface area contributed by atoms with E-state index in [2.05, 4.69) is 10.1 Å². The lowest BCUT2D eigenvalue weighted by molar-refractivity contribution is -0.146. The highest BCUT2D eigenvalue weighted by Gasteiger charge is 2.35. The topological polar surface area (TPSA) is 78.9 Å². The number of carboxylic acid groups (broad SMARTS) is 1. The van der Waals surface area contributed by atoms with E-state index in [0.717, 1.165) is 4.90 Å². The van der Waals surface area contributed by atoms with Crippen LogP contribution < -0.4 is 10.1 Å². The molecule has 0 spiro atoms. The number of alkyl halides is 2. The van der Waals surface area contributed by atoms with E-state index in [0.29, 0.717) is 5.69 Å². The van der Waals surface area contributed by atoms with E-state index in [9.17, 15) is 18.4 Å². The molecule has 0 radical (unpaired) electrons. The number of carbonyl (C=O) groups excluding carboxylic acids is 1. The maximum absolute atomic E-state index is 12.0. The van der Waals surface area contributed by atoms with Gasteiger partial charge in [-0.2, -0.15) is 8.78 Å². The van der Waals surface area contributed by atoms with Crippen molar-refractivity contribution < 1.29 is 28.2 Å². The number of rotatable bonds is 5. The number of likely N-dealkylation sites (N-methyl/N-ethyl adjacent to an activating group) is 1. The maximum Gasteiger partial charge on any atom is 0.387 e. The van der Waals surface area contributed by atoms with Gasteiger partial charge in [-0.3, -0.25) is 0 Å². The molecule has 6 nitrogen and oxygen atoms in total. The summed E-state index contributed by atoms with van der Waals surface area (Å²) in [7, 11) is 1.34. The Labute approximate surface area is 120 Å². The number of ether oxygens (including phenoxy) is 1. The van der Waals surface area contributed by atoms with E-state index in [1.165, 1.54) is 45.2 Å². The molecule has 0 aromatic heterocycles. The van der Waals surface area contributed by atoms with Gasteiger partial charge in [-0.25, -0.2) is 9.59 Å². The lowest BCUT2D eigenvalue weighted by Crippen LogP contribution is -2.52. The Kier molecular flexibility index (Phi) is 5.07. The van der Waals surface area contributed by atoms with Gasteiger partial charge in [0, 0.05) is 12.7 Å². The average molecular weight is 302 g/mol. The molecule has 8 heteroatoms. The van der Waals surface area contributed by atoms with Gasteiger partial charge in [-0.15, -0.1) is 0 Å². The second kappa shape index (κ2) is 6.38. The Balaban J connectivity index is 2.73. The summed E-state index contributed by atoms with van der Waals surface area (Å²) in [4.78, 5) is 24.0. The van der Waals surface area contributed by atoms with Crippen LogP contribution in [0.2, 0.25) is 0 Å². The van der Waals surface area contributed by atoms with E-state index < -0.39 is 24.2 Å². The summed E-state index contributed by atoms with van der Waals surface area (Å²) in [6.45, 7) is -0.156. The van der Waals surface area contributed by atoms with Crippen molar-refractivity contribution in [2.75, 3.05) is 12.4 Å². The minimum atomic E-state index is -2.92. The smallest absolute Gasteiger partial charge is 0.387 e. The molecule has 1 aromatic carbocycles. The van der Waals surface area contributed by atoms with Crippen LogP contribution in [0, 0.1) is 0 Å². The number of nitrogens with zero attached hydrogens (tertiary/aromatic N) is 1. The number of carbonyl (C=O) groups is 2. The van der Waals surface area contributed by atoms with Crippen molar-refractivity contribution in [1.82, 2.24) is 4.90 Å². The number of urea groups is 1. The first-order chi connectivity index (χ1) is 9.64. The molecule has 0 aliphatic rings. The van der Waals surface area contributed by atoms with Gasteiger partial charge in [0.05, 0.1) is 0 Å². The van der Waals surface area contributed by atoms with Gasteiger partial charge in [0.1, 0.15) is 11.3 Å². The molecule has 0 unspecified atom stereocenters. The normalized spacial score (nSPS) is 11.1. The predicted octanol–water partition coefficient (Wildman–Crippen LogP) is 2.61. The quantitative estimate of drug-likeness (QED) is 0.876. The van der Waals surface area contributed by atoms with Crippen molar-refractivity contribution in [1.29, 1.82) is 0 Å². The van der Waals surface area contributed by atoms with E-state index in [4.69, 9.17) is 5.11 Å². The molecule has 1 rings (SSSR count). The molecule has 0 aliphatic carbocycles. The molecule has 0 heterocycles. The summed E-state index contributed by atoms with van der Waals surface area (Å²) < 4.78 is 28.2. The Morgan fingerprint density at radius 3 is 2.24 bits per heavy atom. The number of halogens is 2. The van der Waals surface area contributed by atoms with Crippen LogP contribution in [0.25, 0.3) is 0 Å². The summed E-state index contributed by atoms with van der Waals surface area (Å²) in [6, 6.07) is 4.65. The third-order valence-corrected chi connectivity index (χ3v) is 3.00. The third-order valence-electron chi connectivity index (χ3n) is 3.00. The summed E-state index contributed by atoms with van der Waals surface area (Å²) >= 11 is 0. The largest absolute Gasteiger partial charge is 0.480 e. The zero-order chi connectivity index (χ0) is 16.2. The molecule has 2 amide bonds. The molecule has 0 saturated heterocycles. The summed E-state index contributed by atoms with van der Waals surface area (Å²) in [5, 5.41) is 11.5. The number of hydrogen-bond acceptors (Lipinski definition) is 3. The van der Waals surface area contributed by atoms with Gasteiger partial charge < -0.3 is 20.1 Å². The van der Waals surface area contributed by atoms with Crippen molar-refractivity contribution >= 4 is 17.7 Å². The molecule has 0 fully saturated rings. The predicted molar refractivity (Wildman–Crippen MR) is 71.6 cm³/mol. The van der Waals surface area contributed by atoms with E-state index in [-0.39, 0.29) is 5.75 Å². The van der Waals surface area contributed by atoms with E-state index in [1.54, 1.807) is 0 Å². The van der Waals surface area contributed by atoms with Crippen molar-refractivity contribution in [3.63, 3.8) is 0 Å². The summed E-state index contributed by atoms with van der Waals surface area (Å²) in [5.41, 5.74) is -1.06. The standard InChI is InChI=1S/C13H16F2N2O4/c1-13(2,10(18)19)17(3)12(20)16-8-4-6-9(7-5-8)21-11(14)15/h4-7,11H,1-3H3,(H,16,20)(H,18,19). The zero-order valence-electron chi connectivity index (χ0n) is 11.8. The lowest BCUT2D eigenvalue weighted by atomic mass is 10.1. The third kappa shape index (κ3) is 4.30. The van der Waals surface area contributed by atoms with Crippen LogP contribution in [0.15, 0.2) is 24.3 Å². The van der Waals surface area contributed by atoms with Gasteiger partial charge in [0.25, 0.3) is 0 Å². The lowest BCUT2D eigenvalue weighted by Gasteiger charge is -2.31. The number of benzene rings is 1. The highest BCUT2D eigenvalue weighted by molar-refractivity contribution is 5.93. The first-order valence-electron chi connectivity index (χ1n) is 5.97. The number of carboxylic acids is 1. The highest BCUT2D eigenvalue weighted by Crippen LogP contribution is 2.19. The van der Waals surface area contributed by atoms with Crippen LogP contribution >= 0.6 is 0 Å². The van der Waals surface area contributed by atoms with Crippen LogP contribution in [0.1, 0.15) is 13.8 Å². The zero-order valence-corrected chi connectivity index (χ0v) is 11.8. The van der Waals surface area contributed by atoms with Gasteiger partial charge in [-0.05, 0) is 38.1 Å². The Morgan fingerprint density at radius 1 is 1.29 bits per heavy atom. The molecule has 2 N–H and O–H groups in total. The Bertz CT molecular complexity index is 517. The molecular formula is C13H16F2N2O4. The fraction of sp³-hybridized carbons (Fsp3) is 0.385. The molecule has 0 aliphatic heterocycles. The Hall–Kier alpha value is -2.38. The minimum Gasteiger partial charge on any atom is -0.480 e. The first kappa shape index (κ1) is 16.7. The van der Waals surface area contributed by atoms with Crippen molar-refractivity contribution in [3.05, 3.63) is 24.3 Å². The maximum atomic E-state index is 12.0. The van der Waals surface area contributed by atoms with Crippen molar-refractivity contribution in [2.45, 2.75) is 26.0 Å². The van der Waals surface area contributed by atoms with Crippen LogP contribution in [0.3, 0.4) is 0 Å². The highest BCUT2D eigenvalue weighted by atomic mass is 19.3. The number of amides is 2. The second-order valence-corrected chi connectivity index (χ2v) is 4.76. The van der Waals surface area contributed by atoms with E-state index in [1.807, 2.05) is 0 Å². The Morgan fingerprint density at radius 2 is 1.81 bits per heavy atom. The number of anilines is 1. The molecular weight excluding hydrogens is 286 g/mol. The number of aliphatic carboxylic acids is 1. The minimum absolute atomic E-state index is 0.0396. The second-order valence-electron chi connectivity index (χ2n) is 4.76. The average Bonchev–Trinajstić information content (AvgIpc) is 2.39. The molecule has 21 heavy (non-hydrogen) atoms. The SMILES string of the molecule is CN(C(=O)Nc1ccc(OC(F)F)cc1)C(C)(C)C(=O)O. The van der Waals surface area contributed by atoms with Crippen LogP contribution in [-0.2, 0) is 4.79 Å². The van der Waals surface area contributed by atoms with Crippen molar-refractivity contribution in [2.24, 2.45) is 0 Å². The van der Waals surface area contributed by atoms with Gasteiger partial charge in [-0.1, -0.05) is 0 Å². The van der Waals surface area contributed by atoms with Gasteiger partial charge in [0.15, 0.2) is 0 Å².